The minimum absolute atomic E-state index is 0.0158. The number of alkyl halides is 1. The molecule has 5 aromatic rings. The van der Waals surface area contributed by atoms with Crippen molar-refractivity contribution >= 4 is 57.7 Å². The van der Waals surface area contributed by atoms with Crippen molar-refractivity contribution in [1.82, 2.24) is 30.3 Å². The highest BCUT2D eigenvalue weighted by Crippen LogP contribution is 2.37. The van der Waals surface area contributed by atoms with Crippen molar-refractivity contribution in [2.45, 2.75) is 110 Å². The van der Waals surface area contributed by atoms with Gasteiger partial charge < -0.3 is 40.5 Å². The zero-order chi connectivity index (χ0) is 53.5. The molecule has 400 valence electrons. The summed E-state index contributed by atoms with van der Waals surface area (Å²) in [6.45, 7) is 12.1. The van der Waals surface area contributed by atoms with E-state index in [1.807, 2.05) is 111 Å². The number of rotatable bonds is 23. The van der Waals surface area contributed by atoms with Crippen molar-refractivity contribution in [3.8, 4) is 27.7 Å². The largest absolute Gasteiger partial charge is 0.508 e. The van der Waals surface area contributed by atoms with E-state index in [-0.39, 0.29) is 61.1 Å². The average Bonchev–Trinajstić information content (AvgIpc) is 4.02. The van der Waals surface area contributed by atoms with Crippen molar-refractivity contribution in [2.24, 2.45) is 5.41 Å². The van der Waals surface area contributed by atoms with Gasteiger partial charge in [0.2, 0.25) is 23.6 Å². The van der Waals surface area contributed by atoms with Crippen LogP contribution in [0.15, 0.2) is 103 Å². The molecule has 1 aromatic heterocycles. The highest BCUT2D eigenvalue weighted by Gasteiger charge is 2.44. The fourth-order valence-electron chi connectivity index (χ4n) is 9.81. The van der Waals surface area contributed by atoms with E-state index in [4.69, 9.17) is 16.3 Å². The maximum absolute atomic E-state index is 14.1. The summed E-state index contributed by atoms with van der Waals surface area (Å²) in [5.41, 5.74) is 8.98. The first-order valence-electron chi connectivity index (χ1n) is 26.2. The van der Waals surface area contributed by atoms with E-state index in [1.165, 1.54) is 4.90 Å². The summed E-state index contributed by atoms with van der Waals surface area (Å²) < 4.78 is 6.17. The second kappa shape index (κ2) is 27.0. The topological polar surface area (TPSA) is 185 Å². The molecule has 2 fully saturated rings. The smallest absolute Gasteiger partial charge is 0.246 e. The first-order valence-corrected chi connectivity index (χ1v) is 27.7. The van der Waals surface area contributed by atoms with Gasteiger partial charge in [-0.1, -0.05) is 101 Å². The third-order valence-electron chi connectivity index (χ3n) is 14.1. The van der Waals surface area contributed by atoms with Gasteiger partial charge in [0.05, 0.1) is 22.2 Å². The predicted molar refractivity (Wildman–Crippen MR) is 296 cm³/mol. The average molecular weight is 1060 g/mol. The van der Waals surface area contributed by atoms with E-state index in [9.17, 15) is 34.5 Å². The summed E-state index contributed by atoms with van der Waals surface area (Å²) in [6.07, 6.45) is 4.65. The van der Waals surface area contributed by atoms with Crippen LogP contribution < -0.4 is 15.4 Å². The number of unbranched alkanes of at least 4 members (excludes halogenated alkanes) is 4. The van der Waals surface area contributed by atoms with Crippen molar-refractivity contribution in [3.05, 3.63) is 131 Å². The van der Waals surface area contributed by atoms with Crippen LogP contribution in [-0.4, -0.2) is 129 Å². The number of hydrogen-bond donors (Lipinski definition) is 5. The van der Waals surface area contributed by atoms with Gasteiger partial charge in [0.1, 0.15) is 35.9 Å². The summed E-state index contributed by atoms with van der Waals surface area (Å²) >= 11 is 7.89. The number of carbonyl (C=O) groups excluding carboxylic acids is 4. The Labute approximate surface area is 450 Å². The molecule has 0 saturated carbocycles. The normalized spacial score (nSPS) is 16.8. The van der Waals surface area contributed by atoms with Crippen LogP contribution in [0, 0.1) is 12.3 Å². The van der Waals surface area contributed by atoms with Crippen molar-refractivity contribution < 1.29 is 39.2 Å². The molecule has 0 spiro atoms. The van der Waals surface area contributed by atoms with E-state index in [2.05, 4.69) is 20.5 Å². The SMILES string of the molecule is Cc1ncsc1-c1ccc(CNC(=O)[C@@H]2C[C@@H](O)CN2C(=O)C(NC(=O)CCCCCCCC(=O)N2CCN(CCOc3ccc(C(=C(CCCl)c4ccc(O)cc4)c4ccc(O)cc4)cc3)CC2)C(C)(C)C)cc1. The Morgan fingerprint density at radius 2 is 1.39 bits per heavy atom. The molecule has 3 heterocycles. The second-order valence-electron chi connectivity index (χ2n) is 20.7. The molecule has 16 heteroatoms. The number of likely N-dealkylation sites (tertiary alicyclic amines) is 1. The maximum atomic E-state index is 14.1. The Hall–Kier alpha value is -6.26. The number of aromatic hydroxyl groups is 2. The highest BCUT2D eigenvalue weighted by atomic mass is 35.5. The van der Waals surface area contributed by atoms with Crippen LogP contribution in [0.4, 0.5) is 0 Å². The Balaban J connectivity index is 0.778. The summed E-state index contributed by atoms with van der Waals surface area (Å²) in [7, 11) is 0. The number of nitrogens with zero attached hydrogens (tertiary/aromatic N) is 4. The Kier molecular flexibility index (Phi) is 20.3. The molecule has 75 heavy (non-hydrogen) atoms. The number of phenolic OH excluding ortho intramolecular Hbond substituents is 2. The number of aliphatic hydroxyl groups is 1. The first kappa shape index (κ1) is 56.5. The van der Waals surface area contributed by atoms with Crippen LogP contribution in [0.2, 0.25) is 0 Å². The molecule has 0 bridgehead atoms. The molecule has 2 saturated heterocycles. The number of thiazole rings is 1. The van der Waals surface area contributed by atoms with Gasteiger partial charge in [-0.15, -0.1) is 22.9 Å². The minimum atomic E-state index is -0.879. The van der Waals surface area contributed by atoms with Crippen molar-refractivity contribution in [2.75, 3.05) is 51.8 Å². The molecule has 7 rings (SSSR count). The number of amides is 4. The Morgan fingerprint density at radius 3 is 1.99 bits per heavy atom. The number of allylic oxidation sites excluding steroid dienone is 1. The number of aliphatic hydroxyl groups excluding tert-OH is 1. The fourth-order valence-corrected chi connectivity index (χ4v) is 10.8. The van der Waals surface area contributed by atoms with Gasteiger partial charge in [-0.25, -0.2) is 4.98 Å². The van der Waals surface area contributed by atoms with E-state index in [0.717, 1.165) is 101 Å². The van der Waals surface area contributed by atoms with E-state index >= 15 is 0 Å². The van der Waals surface area contributed by atoms with Gasteiger partial charge in [-0.3, -0.25) is 24.1 Å². The lowest BCUT2D eigenvalue weighted by atomic mass is 9.85. The molecule has 0 radical (unpaired) electrons. The van der Waals surface area contributed by atoms with Gasteiger partial charge in [-0.2, -0.15) is 0 Å². The molecule has 14 nitrogen and oxygen atoms in total. The number of hydrogen-bond acceptors (Lipinski definition) is 11. The second-order valence-corrected chi connectivity index (χ2v) is 21.9. The number of nitrogens with one attached hydrogen (secondary N) is 2. The van der Waals surface area contributed by atoms with Gasteiger partial charge >= 0.3 is 0 Å². The van der Waals surface area contributed by atoms with Crippen LogP contribution >= 0.6 is 22.9 Å². The number of β-amino-alcohol motifs (C(OH)–C–C–N with tert-alkyl or cyclic N) is 1. The van der Waals surface area contributed by atoms with Gasteiger partial charge in [0.15, 0.2) is 0 Å². The molecule has 1 unspecified atom stereocenters. The summed E-state index contributed by atoms with van der Waals surface area (Å²) in [5, 5.41) is 36.5. The molecule has 2 aliphatic heterocycles. The standard InChI is InChI=1S/C59H73ClN6O8S/c1-40-55(75-39-62-40)45-14-12-41(13-15-45)37-61-57(72)51-36-48(69)38-66(51)58(73)56(59(2,3)4)63-52(70)10-8-6-5-7-9-11-53(71)65-32-30-64(31-33-65)34-35-74-49-26-20-44(21-27-49)54(43-18-24-47(68)25-19-43)50(28-29-60)42-16-22-46(67)23-17-42/h12-27,39,48,51,56,67-69H,5-11,28-38H2,1-4H3,(H,61,72)(H,63,70)/t48-,51+,56?/m1/s1. The van der Waals surface area contributed by atoms with E-state index in [1.54, 1.807) is 35.6 Å². The molecule has 0 aliphatic carbocycles. The fraction of sp³-hybridized carbons (Fsp3) is 0.441. The molecular weight excluding hydrogens is 988 g/mol. The Morgan fingerprint density at radius 1 is 0.787 bits per heavy atom. The van der Waals surface area contributed by atoms with E-state index in [0.29, 0.717) is 44.8 Å². The number of ether oxygens (including phenoxy) is 1. The Bertz CT molecular complexity index is 2700. The number of aromatic nitrogens is 1. The van der Waals surface area contributed by atoms with Crippen molar-refractivity contribution in [1.29, 1.82) is 0 Å². The molecular formula is C59H73ClN6O8S. The van der Waals surface area contributed by atoms with Crippen LogP contribution in [-0.2, 0) is 25.7 Å². The van der Waals surface area contributed by atoms with Gasteiger partial charge in [0.25, 0.3) is 0 Å². The van der Waals surface area contributed by atoms with Crippen LogP contribution in [0.3, 0.4) is 0 Å². The predicted octanol–water partition coefficient (Wildman–Crippen LogP) is 9.18. The number of halogens is 1. The maximum Gasteiger partial charge on any atom is 0.246 e. The molecule has 3 atom stereocenters. The van der Waals surface area contributed by atoms with Crippen molar-refractivity contribution in [3.63, 3.8) is 0 Å². The lowest BCUT2D eigenvalue weighted by molar-refractivity contribution is -0.144. The molecule has 5 N–H and O–H groups in total. The molecule has 4 amide bonds. The van der Waals surface area contributed by atoms with E-state index < -0.39 is 23.6 Å². The summed E-state index contributed by atoms with van der Waals surface area (Å²) in [4.78, 5) is 65.0. The lowest BCUT2D eigenvalue weighted by Gasteiger charge is -2.35. The molecule has 4 aromatic carbocycles. The third-order valence-corrected chi connectivity index (χ3v) is 15.2. The quantitative estimate of drug-likeness (QED) is 0.0240. The molecule has 2 aliphatic rings. The van der Waals surface area contributed by atoms with Gasteiger partial charge in [0, 0.05) is 71.0 Å². The number of phenols is 2. The van der Waals surface area contributed by atoms with Crippen LogP contribution in [0.25, 0.3) is 21.6 Å². The highest BCUT2D eigenvalue weighted by molar-refractivity contribution is 7.13. The number of aryl methyl sites for hydroxylation is 1. The monoisotopic (exact) mass is 1060 g/mol. The zero-order valence-corrected chi connectivity index (χ0v) is 45.3. The third kappa shape index (κ3) is 15.9. The number of carbonyl (C=O) groups is 4. The minimum Gasteiger partial charge on any atom is -0.508 e. The summed E-state index contributed by atoms with van der Waals surface area (Å²) in [6, 6.07) is 28.4. The van der Waals surface area contributed by atoms with Crippen LogP contribution in [0.5, 0.6) is 17.2 Å². The summed E-state index contributed by atoms with van der Waals surface area (Å²) in [5.74, 6) is 0.743. The number of piperazine rings is 1. The van der Waals surface area contributed by atoms with Gasteiger partial charge in [-0.05, 0) is 107 Å². The van der Waals surface area contributed by atoms with Crippen LogP contribution in [0.1, 0.15) is 107 Å². The first-order chi connectivity index (χ1) is 36.1. The zero-order valence-electron chi connectivity index (χ0n) is 43.7. The lowest BCUT2D eigenvalue weighted by Crippen LogP contribution is -2.57. The number of benzene rings is 4.